The van der Waals surface area contributed by atoms with Crippen molar-refractivity contribution < 1.29 is 0 Å². The fourth-order valence-electron chi connectivity index (χ4n) is 2.25. The molecule has 1 aliphatic rings. The predicted octanol–water partition coefficient (Wildman–Crippen LogP) is 3.79. The highest BCUT2D eigenvalue weighted by molar-refractivity contribution is 6.31. The molecular weight excluding hydrogens is 206 g/mol. The van der Waals surface area contributed by atoms with E-state index in [1.54, 1.807) is 0 Å². The van der Waals surface area contributed by atoms with Gasteiger partial charge in [0.2, 0.25) is 0 Å². The summed E-state index contributed by atoms with van der Waals surface area (Å²) in [6.45, 7) is 3.16. The second-order valence-electron chi connectivity index (χ2n) is 4.25. The molecule has 1 aromatic carbocycles. The summed E-state index contributed by atoms with van der Waals surface area (Å²) in [6.07, 6.45) is 4.04. The number of rotatable bonds is 4. The van der Waals surface area contributed by atoms with Crippen molar-refractivity contribution in [2.75, 3.05) is 6.54 Å². The first kappa shape index (κ1) is 11.0. The zero-order chi connectivity index (χ0) is 10.7. The molecule has 0 amide bonds. The van der Waals surface area contributed by atoms with E-state index in [2.05, 4.69) is 24.4 Å². The maximum atomic E-state index is 6.24. The van der Waals surface area contributed by atoms with E-state index >= 15 is 0 Å². The van der Waals surface area contributed by atoms with Gasteiger partial charge in [-0.3, -0.25) is 0 Å². The second-order valence-corrected chi connectivity index (χ2v) is 4.66. The van der Waals surface area contributed by atoms with Gasteiger partial charge in [0.05, 0.1) is 0 Å². The summed E-state index contributed by atoms with van der Waals surface area (Å²) in [5.41, 5.74) is 1.27. The maximum absolute atomic E-state index is 6.24. The number of hydrogen-bond acceptors (Lipinski definition) is 1. The summed E-state index contributed by atoms with van der Waals surface area (Å²) in [7, 11) is 0. The average Bonchev–Trinajstić information content (AvgIpc) is 2.15. The van der Waals surface area contributed by atoms with Crippen LogP contribution in [0.2, 0.25) is 5.02 Å². The van der Waals surface area contributed by atoms with Gasteiger partial charge < -0.3 is 5.32 Å². The Bertz CT molecular complexity index is 320. The molecule has 0 saturated heterocycles. The molecule has 0 aromatic heterocycles. The van der Waals surface area contributed by atoms with Crippen molar-refractivity contribution in [2.24, 2.45) is 5.92 Å². The van der Waals surface area contributed by atoms with E-state index in [0.717, 1.165) is 17.5 Å². The zero-order valence-corrected chi connectivity index (χ0v) is 9.93. The molecule has 0 bridgehead atoms. The molecule has 2 rings (SSSR count). The van der Waals surface area contributed by atoms with Crippen molar-refractivity contribution in [3.8, 4) is 0 Å². The summed E-state index contributed by atoms with van der Waals surface area (Å²) >= 11 is 6.24. The highest BCUT2D eigenvalue weighted by Crippen LogP contribution is 2.39. The Hall–Kier alpha value is -0.530. The van der Waals surface area contributed by atoms with Crippen LogP contribution in [0.3, 0.4) is 0 Å². The first-order chi connectivity index (χ1) is 7.33. The van der Waals surface area contributed by atoms with E-state index in [0.29, 0.717) is 6.04 Å². The van der Waals surface area contributed by atoms with Crippen LogP contribution in [0.5, 0.6) is 0 Å². The van der Waals surface area contributed by atoms with Gasteiger partial charge in [0, 0.05) is 11.1 Å². The van der Waals surface area contributed by atoms with Crippen molar-refractivity contribution in [3.63, 3.8) is 0 Å². The summed E-state index contributed by atoms with van der Waals surface area (Å²) in [5, 5.41) is 4.46. The van der Waals surface area contributed by atoms with Crippen LogP contribution in [0, 0.1) is 5.92 Å². The Labute approximate surface area is 96.8 Å². The minimum Gasteiger partial charge on any atom is -0.310 e. The largest absolute Gasteiger partial charge is 0.310 e. The highest BCUT2D eigenvalue weighted by atomic mass is 35.5. The minimum absolute atomic E-state index is 0.456. The Morgan fingerprint density at radius 1 is 1.40 bits per heavy atom. The third-order valence-electron chi connectivity index (χ3n) is 3.29. The van der Waals surface area contributed by atoms with Crippen LogP contribution in [0.1, 0.15) is 37.8 Å². The van der Waals surface area contributed by atoms with E-state index < -0.39 is 0 Å². The van der Waals surface area contributed by atoms with Crippen LogP contribution >= 0.6 is 11.6 Å². The third kappa shape index (κ3) is 2.35. The quantitative estimate of drug-likeness (QED) is 0.819. The van der Waals surface area contributed by atoms with Crippen LogP contribution in [0.15, 0.2) is 24.3 Å². The smallest absolute Gasteiger partial charge is 0.0453 e. The van der Waals surface area contributed by atoms with E-state index in [1.807, 2.05) is 12.1 Å². The minimum atomic E-state index is 0.456. The molecule has 0 heterocycles. The van der Waals surface area contributed by atoms with Crippen LogP contribution in [0.4, 0.5) is 0 Å². The lowest BCUT2D eigenvalue weighted by atomic mass is 9.77. The van der Waals surface area contributed by atoms with E-state index in [9.17, 15) is 0 Å². The lowest BCUT2D eigenvalue weighted by Crippen LogP contribution is -2.32. The van der Waals surface area contributed by atoms with Gasteiger partial charge in [-0.1, -0.05) is 43.1 Å². The molecule has 1 fully saturated rings. The van der Waals surface area contributed by atoms with Gasteiger partial charge in [-0.25, -0.2) is 0 Å². The average molecular weight is 224 g/mol. The van der Waals surface area contributed by atoms with Crippen molar-refractivity contribution in [1.82, 2.24) is 5.32 Å². The SMILES string of the molecule is CCNC(c1ccccc1Cl)C1CCC1. The first-order valence-electron chi connectivity index (χ1n) is 5.80. The van der Waals surface area contributed by atoms with Crippen molar-refractivity contribution in [3.05, 3.63) is 34.9 Å². The standard InChI is InChI=1S/C13H18ClN/c1-2-15-13(10-6-5-7-10)11-8-3-4-9-12(11)14/h3-4,8-10,13,15H,2,5-7H2,1H3. The Morgan fingerprint density at radius 3 is 2.67 bits per heavy atom. The fraction of sp³-hybridized carbons (Fsp3) is 0.538. The number of benzene rings is 1. The molecule has 15 heavy (non-hydrogen) atoms. The lowest BCUT2D eigenvalue weighted by molar-refractivity contribution is 0.233. The first-order valence-corrected chi connectivity index (χ1v) is 6.18. The molecule has 1 nitrogen and oxygen atoms in total. The molecule has 2 heteroatoms. The molecule has 0 radical (unpaired) electrons. The Balaban J connectivity index is 2.19. The lowest BCUT2D eigenvalue weighted by Gasteiger charge is -2.35. The molecule has 1 atom stereocenters. The van der Waals surface area contributed by atoms with Gasteiger partial charge in [-0.15, -0.1) is 0 Å². The van der Waals surface area contributed by atoms with Crippen molar-refractivity contribution in [1.29, 1.82) is 0 Å². The molecular formula is C13H18ClN. The van der Waals surface area contributed by atoms with Crippen molar-refractivity contribution >= 4 is 11.6 Å². The normalized spacial score (nSPS) is 18.5. The molecule has 1 saturated carbocycles. The molecule has 1 aliphatic carbocycles. The molecule has 1 unspecified atom stereocenters. The van der Waals surface area contributed by atoms with E-state index in [1.165, 1.54) is 24.8 Å². The molecule has 0 spiro atoms. The highest BCUT2D eigenvalue weighted by Gasteiger charge is 2.28. The number of hydrogen-bond donors (Lipinski definition) is 1. The summed E-state index contributed by atoms with van der Waals surface area (Å²) < 4.78 is 0. The van der Waals surface area contributed by atoms with Gasteiger partial charge in [-0.2, -0.15) is 0 Å². The summed E-state index contributed by atoms with van der Waals surface area (Å²) in [4.78, 5) is 0. The summed E-state index contributed by atoms with van der Waals surface area (Å²) in [6, 6.07) is 8.66. The molecule has 82 valence electrons. The fourth-order valence-corrected chi connectivity index (χ4v) is 2.50. The second kappa shape index (κ2) is 5.00. The Morgan fingerprint density at radius 2 is 2.13 bits per heavy atom. The van der Waals surface area contributed by atoms with Gasteiger partial charge in [0.1, 0.15) is 0 Å². The van der Waals surface area contributed by atoms with E-state index in [-0.39, 0.29) is 0 Å². The van der Waals surface area contributed by atoms with E-state index in [4.69, 9.17) is 11.6 Å². The van der Waals surface area contributed by atoms with Gasteiger partial charge >= 0.3 is 0 Å². The summed E-state index contributed by atoms with van der Waals surface area (Å²) in [5.74, 6) is 0.782. The molecule has 0 aliphatic heterocycles. The zero-order valence-electron chi connectivity index (χ0n) is 9.17. The van der Waals surface area contributed by atoms with Crippen LogP contribution < -0.4 is 5.32 Å². The van der Waals surface area contributed by atoms with Crippen molar-refractivity contribution in [2.45, 2.75) is 32.2 Å². The molecule has 1 N–H and O–H groups in total. The Kier molecular flexibility index (Phi) is 3.66. The van der Waals surface area contributed by atoms with Crippen LogP contribution in [-0.4, -0.2) is 6.54 Å². The van der Waals surface area contributed by atoms with Gasteiger partial charge in [-0.05, 0) is 36.9 Å². The maximum Gasteiger partial charge on any atom is 0.0453 e. The number of halogens is 1. The monoisotopic (exact) mass is 223 g/mol. The van der Waals surface area contributed by atoms with Crippen LogP contribution in [0.25, 0.3) is 0 Å². The topological polar surface area (TPSA) is 12.0 Å². The van der Waals surface area contributed by atoms with Crippen LogP contribution in [-0.2, 0) is 0 Å². The third-order valence-corrected chi connectivity index (χ3v) is 3.63. The molecule has 1 aromatic rings. The number of nitrogens with one attached hydrogen (secondary N) is 1. The predicted molar refractivity (Wildman–Crippen MR) is 65.2 cm³/mol. The van der Waals surface area contributed by atoms with Gasteiger partial charge in [0.25, 0.3) is 0 Å². The van der Waals surface area contributed by atoms with Gasteiger partial charge in [0.15, 0.2) is 0 Å².